The van der Waals surface area contributed by atoms with E-state index in [9.17, 15) is 0 Å². The quantitative estimate of drug-likeness (QED) is 0.737. The summed E-state index contributed by atoms with van der Waals surface area (Å²) >= 11 is 0. The van der Waals surface area contributed by atoms with Gasteiger partial charge in [0.05, 0.1) is 6.61 Å². The lowest BCUT2D eigenvalue weighted by molar-refractivity contribution is 0.235. The molecule has 1 aromatic carbocycles. The summed E-state index contributed by atoms with van der Waals surface area (Å²) in [5.41, 5.74) is 4.28. The van der Waals surface area contributed by atoms with E-state index in [1.165, 1.54) is 16.7 Å². The molecule has 0 aromatic heterocycles. The highest BCUT2D eigenvalue weighted by Crippen LogP contribution is 2.21. The fraction of sp³-hybridized carbons (Fsp3) is 0.500. The lowest BCUT2D eigenvalue weighted by Gasteiger charge is -2.26. The molecule has 76 valence electrons. The second-order valence-corrected chi connectivity index (χ2v) is 3.87. The first-order chi connectivity index (χ1) is 6.85. The Balaban J connectivity index is 2.33. The number of hydrogen-bond donors (Lipinski definition) is 2. The first-order valence-corrected chi connectivity index (χ1v) is 5.29. The van der Waals surface area contributed by atoms with Crippen molar-refractivity contribution in [1.29, 1.82) is 0 Å². The van der Waals surface area contributed by atoms with Crippen LogP contribution >= 0.6 is 0 Å². The zero-order valence-electron chi connectivity index (χ0n) is 8.59. The SMILES string of the molecule is CCc1cccc2c1C[C@@H](CO)NC2. The third kappa shape index (κ3) is 1.68. The summed E-state index contributed by atoms with van der Waals surface area (Å²) in [5.74, 6) is 0. The number of aliphatic hydroxyl groups is 1. The Morgan fingerprint density at radius 1 is 1.50 bits per heavy atom. The number of nitrogens with one attached hydrogen (secondary N) is 1. The van der Waals surface area contributed by atoms with Crippen LogP contribution in [0, 0.1) is 0 Å². The normalized spacial score (nSPS) is 20.6. The number of fused-ring (bicyclic) bond motifs is 1. The fourth-order valence-electron chi connectivity index (χ4n) is 2.15. The fourth-order valence-corrected chi connectivity index (χ4v) is 2.15. The molecule has 1 aromatic rings. The van der Waals surface area contributed by atoms with E-state index in [1.807, 2.05) is 0 Å². The Morgan fingerprint density at radius 2 is 2.36 bits per heavy atom. The lowest BCUT2D eigenvalue weighted by atomic mass is 9.91. The second-order valence-electron chi connectivity index (χ2n) is 3.87. The molecule has 0 fully saturated rings. The maximum absolute atomic E-state index is 9.12. The van der Waals surface area contributed by atoms with Crippen molar-refractivity contribution in [2.75, 3.05) is 6.61 Å². The van der Waals surface area contributed by atoms with Gasteiger partial charge < -0.3 is 10.4 Å². The number of benzene rings is 1. The van der Waals surface area contributed by atoms with Gasteiger partial charge in [-0.2, -0.15) is 0 Å². The monoisotopic (exact) mass is 191 g/mol. The van der Waals surface area contributed by atoms with Crippen LogP contribution in [0.2, 0.25) is 0 Å². The molecule has 2 heteroatoms. The van der Waals surface area contributed by atoms with E-state index >= 15 is 0 Å². The summed E-state index contributed by atoms with van der Waals surface area (Å²) < 4.78 is 0. The molecule has 0 saturated heterocycles. The van der Waals surface area contributed by atoms with Crippen molar-refractivity contribution >= 4 is 0 Å². The molecule has 0 spiro atoms. The van der Waals surface area contributed by atoms with Gasteiger partial charge in [0.25, 0.3) is 0 Å². The van der Waals surface area contributed by atoms with Gasteiger partial charge in [-0.1, -0.05) is 25.1 Å². The average Bonchev–Trinajstić information content (AvgIpc) is 2.27. The molecule has 0 amide bonds. The lowest BCUT2D eigenvalue weighted by Crippen LogP contribution is -2.38. The maximum atomic E-state index is 9.12. The van der Waals surface area contributed by atoms with Crippen LogP contribution in [0.4, 0.5) is 0 Å². The van der Waals surface area contributed by atoms with Crippen molar-refractivity contribution in [3.63, 3.8) is 0 Å². The van der Waals surface area contributed by atoms with Crippen molar-refractivity contribution in [2.45, 2.75) is 32.4 Å². The summed E-state index contributed by atoms with van der Waals surface area (Å²) in [6.45, 7) is 3.32. The molecule has 2 nitrogen and oxygen atoms in total. The summed E-state index contributed by atoms with van der Waals surface area (Å²) in [4.78, 5) is 0. The summed E-state index contributed by atoms with van der Waals surface area (Å²) in [7, 11) is 0. The van der Waals surface area contributed by atoms with Gasteiger partial charge in [0.1, 0.15) is 0 Å². The Labute approximate surface area is 85.0 Å². The third-order valence-electron chi connectivity index (χ3n) is 3.00. The molecule has 14 heavy (non-hydrogen) atoms. The van der Waals surface area contributed by atoms with Gasteiger partial charge in [0.2, 0.25) is 0 Å². The van der Waals surface area contributed by atoms with E-state index in [1.54, 1.807) is 0 Å². The van der Waals surface area contributed by atoms with Gasteiger partial charge in [-0.15, -0.1) is 0 Å². The van der Waals surface area contributed by atoms with Gasteiger partial charge in [0, 0.05) is 12.6 Å². The van der Waals surface area contributed by atoms with E-state index in [2.05, 4.69) is 30.4 Å². The molecule has 1 heterocycles. The van der Waals surface area contributed by atoms with Crippen molar-refractivity contribution in [3.05, 3.63) is 34.9 Å². The summed E-state index contributed by atoms with van der Waals surface area (Å²) in [6.07, 6.45) is 2.05. The van der Waals surface area contributed by atoms with E-state index in [-0.39, 0.29) is 12.6 Å². The Kier molecular flexibility index (Phi) is 2.85. The molecular formula is C12H17NO. The Morgan fingerprint density at radius 3 is 3.07 bits per heavy atom. The largest absolute Gasteiger partial charge is 0.395 e. The van der Waals surface area contributed by atoms with Gasteiger partial charge >= 0.3 is 0 Å². The van der Waals surface area contributed by atoms with Gasteiger partial charge in [-0.3, -0.25) is 0 Å². The Bertz CT molecular complexity index is 308. The third-order valence-corrected chi connectivity index (χ3v) is 3.00. The number of aliphatic hydroxyl groups excluding tert-OH is 1. The van der Waals surface area contributed by atoms with Crippen molar-refractivity contribution in [3.8, 4) is 0 Å². The minimum absolute atomic E-state index is 0.234. The molecule has 2 rings (SSSR count). The highest BCUT2D eigenvalue weighted by Gasteiger charge is 2.18. The van der Waals surface area contributed by atoms with E-state index < -0.39 is 0 Å². The zero-order valence-corrected chi connectivity index (χ0v) is 8.59. The second kappa shape index (κ2) is 4.11. The maximum Gasteiger partial charge on any atom is 0.0587 e. The van der Waals surface area contributed by atoms with Crippen LogP contribution in [0.3, 0.4) is 0 Å². The molecule has 0 radical (unpaired) electrons. The molecule has 0 saturated carbocycles. The van der Waals surface area contributed by atoms with Gasteiger partial charge in [-0.25, -0.2) is 0 Å². The van der Waals surface area contributed by atoms with Crippen molar-refractivity contribution < 1.29 is 5.11 Å². The molecule has 2 N–H and O–H groups in total. The van der Waals surface area contributed by atoms with E-state index in [4.69, 9.17) is 5.11 Å². The highest BCUT2D eigenvalue weighted by molar-refractivity contribution is 5.37. The van der Waals surface area contributed by atoms with Gasteiger partial charge in [0.15, 0.2) is 0 Å². The topological polar surface area (TPSA) is 32.3 Å². The van der Waals surface area contributed by atoms with Crippen molar-refractivity contribution in [2.24, 2.45) is 0 Å². The van der Waals surface area contributed by atoms with Crippen LogP contribution in [-0.2, 0) is 19.4 Å². The average molecular weight is 191 g/mol. The predicted octanol–water partition coefficient (Wildman–Crippen LogP) is 1.26. The first kappa shape index (κ1) is 9.69. The predicted molar refractivity (Wildman–Crippen MR) is 57.2 cm³/mol. The molecule has 1 aliphatic rings. The van der Waals surface area contributed by atoms with Crippen LogP contribution in [0.15, 0.2) is 18.2 Å². The van der Waals surface area contributed by atoms with Crippen LogP contribution in [0.5, 0.6) is 0 Å². The van der Waals surface area contributed by atoms with Crippen molar-refractivity contribution in [1.82, 2.24) is 5.32 Å². The van der Waals surface area contributed by atoms with Crippen LogP contribution in [0.1, 0.15) is 23.6 Å². The number of hydrogen-bond acceptors (Lipinski definition) is 2. The van der Waals surface area contributed by atoms with Crippen LogP contribution in [-0.4, -0.2) is 17.8 Å². The molecule has 0 unspecified atom stereocenters. The highest BCUT2D eigenvalue weighted by atomic mass is 16.3. The molecule has 0 bridgehead atoms. The number of aryl methyl sites for hydroxylation is 1. The Hall–Kier alpha value is -0.860. The minimum Gasteiger partial charge on any atom is -0.395 e. The first-order valence-electron chi connectivity index (χ1n) is 5.29. The minimum atomic E-state index is 0.234. The van der Waals surface area contributed by atoms with Crippen LogP contribution < -0.4 is 5.32 Å². The van der Waals surface area contributed by atoms with E-state index in [0.29, 0.717) is 0 Å². The summed E-state index contributed by atoms with van der Waals surface area (Å²) in [6, 6.07) is 6.74. The number of rotatable bonds is 2. The van der Waals surface area contributed by atoms with E-state index in [0.717, 1.165) is 19.4 Å². The molecule has 1 aliphatic heterocycles. The molecular weight excluding hydrogens is 174 g/mol. The van der Waals surface area contributed by atoms with Crippen LogP contribution in [0.25, 0.3) is 0 Å². The molecule has 0 aliphatic carbocycles. The summed E-state index contributed by atoms with van der Waals surface area (Å²) in [5, 5.41) is 12.4. The van der Waals surface area contributed by atoms with Gasteiger partial charge in [-0.05, 0) is 29.5 Å². The zero-order chi connectivity index (χ0) is 9.97. The molecule has 1 atom stereocenters. The standard InChI is InChI=1S/C12H17NO/c1-2-9-4-3-5-10-7-13-11(8-14)6-12(9)10/h3-5,11,13-14H,2,6-8H2,1H3/t11-/m0/s1. The smallest absolute Gasteiger partial charge is 0.0587 e.